The van der Waals surface area contributed by atoms with Gasteiger partial charge in [-0.05, 0) is 13.3 Å². The van der Waals surface area contributed by atoms with E-state index in [0.717, 1.165) is 45.1 Å². The van der Waals surface area contributed by atoms with Gasteiger partial charge < -0.3 is 14.6 Å². The largest absolute Gasteiger partial charge is 0.380 e. The predicted molar refractivity (Wildman–Crippen MR) is 63.1 cm³/mol. The lowest BCUT2D eigenvalue weighted by molar-refractivity contribution is 0.132. The van der Waals surface area contributed by atoms with E-state index < -0.39 is 0 Å². The number of rotatable bonds is 9. The highest BCUT2D eigenvalue weighted by molar-refractivity contribution is 4.84. The lowest BCUT2D eigenvalue weighted by atomic mass is 10.4. The molecule has 5 heteroatoms. The van der Waals surface area contributed by atoms with Crippen molar-refractivity contribution in [2.75, 3.05) is 19.8 Å². The minimum atomic E-state index is 0.755. The summed E-state index contributed by atoms with van der Waals surface area (Å²) < 4.78 is 7.48. The Morgan fingerprint density at radius 3 is 3.00 bits per heavy atom. The molecule has 0 unspecified atom stereocenters. The van der Waals surface area contributed by atoms with Gasteiger partial charge in [0.25, 0.3) is 0 Å². The number of ether oxygens (including phenoxy) is 1. The predicted octanol–water partition coefficient (Wildman–Crippen LogP) is 1.20. The maximum Gasteiger partial charge on any atom is 0.146 e. The van der Waals surface area contributed by atoms with Crippen molar-refractivity contribution in [3.63, 3.8) is 0 Å². The van der Waals surface area contributed by atoms with Crippen molar-refractivity contribution < 1.29 is 4.74 Å². The molecule has 1 aromatic heterocycles. The average molecular weight is 226 g/mol. The van der Waals surface area contributed by atoms with Gasteiger partial charge in [0.05, 0.1) is 13.2 Å². The Kier molecular flexibility index (Phi) is 6.76. The summed E-state index contributed by atoms with van der Waals surface area (Å²) in [7, 11) is 0. The number of aromatic nitrogens is 3. The van der Waals surface area contributed by atoms with E-state index in [4.69, 9.17) is 4.74 Å². The highest BCUT2D eigenvalue weighted by Gasteiger charge is 2.00. The molecule has 5 nitrogen and oxygen atoms in total. The zero-order valence-electron chi connectivity index (χ0n) is 10.3. The summed E-state index contributed by atoms with van der Waals surface area (Å²) in [6.07, 6.45) is 4.09. The van der Waals surface area contributed by atoms with Gasteiger partial charge in [0, 0.05) is 19.7 Å². The number of unbranched alkanes of at least 4 members (excludes halogenated alkanes) is 1. The van der Waals surface area contributed by atoms with E-state index in [0.29, 0.717) is 0 Å². The van der Waals surface area contributed by atoms with Crippen LogP contribution in [0.15, 0.2) is 6.33 Å². The van der Waals surface area contributed by atoms with E-state index in [1.54, 1.807) is 6.33 Å². The summed E-state index contributed by atoms with van der Waals surface area (Å²) in [5.74, 6) is 0.982. The van der Waals surface area contributed by atoms with E-state index in [2.05, 4.69) is 29.4 Å². The Morgan fingerprint density at radius 1 is 1.38 bits per heavy atom. The summed E-state index contributed by atoms with van der Waals surface area (Å²) in [5, 5.41) is 11.2. The molecule has 1 heterocycles. The second-order valence-corrected chi connectivity index (χ2v) is 3.68. The fourth-order valence-corrected chi connectivity index (χ4v) is 1.37. The third kappa shape index (κ3) is 4.72. The topological polar surface area (TPSA) is 52.0 Å². The van der Waals surface area contributed by atoms with Gasteiger partial charge >= 0.3 is 0 Å². The van der Waals surface area contributed by atoms with Crippen LogP contribution in [0, 0.1) is 0 Å². The van der Waals surface area contributed by atoms with Crippen LogP contribution in [0.4, 0.5) is 0 Å². The molecule has 0 radical (unpaired) electrons. The standard InChI is InChI=1S/C11H22N4O/c1-3-5-7-16-8-6-12-9-11-14-13-10-15(11)4-2/h10,12H,3-9H2,1-2H3. The molecule has 0 atom stereocenters. The van der Waals surface area contributed by atoms with Crippen LogP contribution in [0.25, 0.3) is 0 Å². The molecule has 92 valence electrons. The first-order valence-electron chi connectivity index (χ1n) is 6.03. The Hall–Kier alpha value is -0.940. The molecule has 0 aliphatic carbocycles. The molecule has 0 fully saturated rings. The Labute approximate surface area is 97.2 Å². The summed E-state index contributed by atoms with van der Waals surface area (Å²) in [6.45, 7) is 8.41. The van der Waals surface area contributed by atoms with Gasteiger partial charge in [0.1, 0.15) is 12.2 Å². The van der Waals surface area contributed by atoms with Crippen LogP contribution in [-0.4, -0.2) is 34.5 Å². The quantitative estimate of drug-likeness (QED) is 0.643. The molecule has 0 bridgehead atoms. The zero-order valence-corrected chi connectivity index (χ0v) is 10.3. The van der Waals surface area contributed by atoms with Crippen molar-refractivity contribution >= 4 is 0 Å². The van der Waals surface area contributed by atoms with Crippen molar-refractivity contribution in [3.8, 4) is 0 Å². The molecular weight excluding hydrogens is 204 g/mol. The number of nitrogens with one attached hydrogen (secondary N) is 1. The second-order valence-electron chi connectivity index (χ2n) is 3.68. The SMILES string of the molecule is CCCCOCCNCc1nncn1CC. The normalized spacial score (nSPS) is 10.9. The van der Waals surface area contributed by atoms with Crippen LogP contribution in [-0.2, 0) is 17.8 Å². The van der Waals surface area contributed by atoms with Crippen molar-refractivity contribution in [2.24, 2.45) is 0 Å². The highest BCUT2D eigenvalue weighted by Crippen LogP contribution is 1.93. The third-order valence-electron chi connectivity index (χ3n) is 2.38. The average Bonchev–Trinajstić information content (AvgIpc) is 2.75. The molecule has 1 N–H and O–H groups in total. The van der Waals surface area contributed by atoms with Crippen LogP contribution in [0.3, 0.4) is 0 Å². The minimum absolute atomic E-state index is 0.755. The highest BCUT2D eigenvalue weighted by atomic mass is 16.5. The molecule has 0 aliphatic rings. The van der Waals surface area contributed by atoms with Crippen LogP contribution in [0.2, 0.25) is 0 Å². The van der Waals surface area contributed by atoms with Crippen molar-refractivity contribution in [1.29, 1.82) is 0 Å². The summed E-state index contributed by atoms with van der Waals surface area (Å²) in [6, 6.07) is 0. The van der Waals surface area contributed by atoms with Crippen LogP contribution >= 0.6 is 0 Å². The Bertz CT molecular complexity index is 275. The first-order valence-corrected chi connectivity index (χ1v) is 6.03. The Morgan fingerprint density at radius 2 is 2.25 bits per heavy atom. The molecule has 0 saturated carbocycles. The van der Waals surface area contributed by atoms with E-state index in [1.165, 1.54) is 6.42 Å². The summed E-state index contributed by atoms with van der Waals surface area (Å²) >= 11 is 0. The lowest BCUT2D eigenvalue weighted by Gasteiger charge is -2.06. The van der Waals surface area contributed by atoms with Gasteiger partial charge in [-0.1, -0.05) is 13.3 Å². The number of hydrogen-bond acceptors (Lipinski definition) is 4. The third-order valence-corrected chi connectivity index (χ3v) is 2.38. The van der Waals surface area contributed by atoms with Crippen molar-refractivity contribution in [1.82, 2.24) is 20.1 Å². The van der Waals surface area contributed by atoms with E-state index in [9.17, 15) is 0 Å². The maximum atomic E-state index is 5.44. The molecule has 0 aromatic carbocycles. The van der Waals surface area contributed by atoms with Crippen LogP contribution < -0.4 is 5.32 Å². The monoisotopic (exact) mass is 226 g/mol. The van der Waals surface area contributed by atoms with E-state index in [-0.39, 0.29) is 0 Å². The fraction of sp³-hybridized carbons (Fsp3) is 0.818. The second kappa shape index (κ2) is 8.24. The number of hydrogen-bond donors (Lipinski definition) is 1. The van der Waals surface area contributed by atoms with Gasteiger partial charge in [0.15, 0.2) is 0 Å². The minimum Gasteiger partial charge on any atom is -0.380 e. The lowest BCUT2D eigenvalue weighted by Crippen LogP contribution is -2.21. The number of nitrogens with zero attached hydrogens (tertiary/aromatic N) is 3. The molecule has 0 aliphatic heterocycles. The zero-order chi connectivity index (χ0) is 11.6. The molecule has 1 rings (SSSR count). The first-order chi connectivity index (χ1) is 7.88. The van der Waals surface area contributed by atoms with Gasteiger partial charge in [-0.3, -0.25) is 0 Å². The molecule has 1 aromatic rings. The molecule has 0 amide bonds. The number of aryl methyl sites for hydroxylation is 1. The summed E-state index contributed by atoms with van der Waals surface area (Å²) in [4.78, 5) is 0. The van der Waals surface area contributed by atoms with Crippen LogP contribution in [0.5, 0.6) is 0 Å². The van der Waals surface area contributed by atoms with Gasteiger partial charge in [-0.15, -0.1) is 10.2 Å². The van der Waals surface area contributed by atoms with E-state index >= 15 is 0 Å². The molecule has 16 heavy (non-hydrogen) atoms. The van der Waals surface area contributed by atoms with Crippen LogP contribution in [0.1, 0.15) is 32.5 Å². The van der Waals surface area contributed by atoms with Gasteiger partial charge in [-0.2, -0.15) is 0 Å². The molecule has 0 saturated heterocycles. The maximum absolute atomic E-state index is 5.44. The van der Waals surface area contributed by atoms with Gasteiger partial charge in [0.2, 0.25) is 0 Å². The smallest absolute Gasteiger partial charge is 0.146 e. The van der Waals surface area contributed by atoms with Crippen molar-refractivity contribution in [2.45, 2.75) is 39.8 Å². The van der Waals surface area contributed by atoms with E-state index in [1.807, 2.05) is 4.57 Å². The first kappa shape index (κ1) is 13.1. The van der Waals surface area contributed by atoms with Crippen molar-refractivity contribution in [3.05, 3.63) is 12.2 Å². The van der Waals surface area contributed by atoms with Gasteiger partial charge in [-0.25, -0.2) is 0 Å². The Balaban J connectivity index is 2.03. The summed E-state index contributed by atoms with van der Waals surface area (Å²) in [5.41, 5.74) is 0. The molecular formula is C11H22N4O. The fourth-order valence-electron chi connectivity index (χ4n) is 1.37. The molecule has 0 spiro atoms.